The van der Waals surface area contributed by atoms with Crippen molar-refractivity contribution in [1.82, 2.24) is 10.2 Å². The summed E-state index contributed by atoms with van der Waals surface area (Å²) >= 11 is 6.42. The Hall–Kier alpha value is -3.56. The topological polar surface area (TPSA) is 96.0 Å². The first-order valence-electron chi connectivity index (χ1n) is 12.8. The third-order valence-electron chi connectivity index (χ3n) is 6.20. The second-order valence-corrected chi connectivity index (χ2v) is 11.1. The zero-order chi connectivity index (χ0) is 28.4. The Morgan fingerprint density at radius 2 is 1.59 bits per heavy atom. The summed E-state index contributed by atoms with van der Waals surface area (Å²) in [5, 5.41) is 3.30. The van der Waals surface area contributed by atoms with E-state index < -0.39 is 28.5 Å². The summed E-state index contributed by atoms with van der Waals surface area (Å²) < 4.78 is 34.2. The number of ether oxygens (including phenoxy) is 1. The minimum absolute atomic E-state index is 0.0223. The number of hydrogen-bond acceptors (Lipinski definition) is 5. The molecule has 2 amide bonds. The van der Waals surface area contributed by atoms with Gasteiger partial charge in [0.25, 0.3) is 10.0 Å². The number of nitrogens with zero attached hydrogens (tertiary/aromatic N) is 2. The lowest BCUT2D eigenvalue weighted by Gasteiger charge is -2.33. The summed E-state index contributed by atoms with van der Waals surface area (Å²) in [5.41, 5.74) is 0.849. The van der Waals surface area contributed by atoms with Crippen molar-refractivity contribution in [2.75, 3.05) is 24.5 Å². The Labute approximate surface area is 235 Å². The number of methoxy groups -OCH3 is 1. The van der Waals surface area contributed by atoms with Gasteiger partial charge in [0.1, 0.15) is 18.3 Å². The number of carbonyl (C=O) groups excluding carboxylic acids is 2. The molecule has 0 aliphatic carbocycles. The van der Waals surface area contributed by atoms with Crippen molar-refractivity contribution >= 4 is 39.1 Å². The molecule has 0 aliphatic heterocycles. The minimum Gasteiger partial charge on any atom is -0.495 e. The van der Waals surface area contributed by atoms with E-state index in [2.05, 4.69) is 5.32 Å². The van der Waals surface area contributed by atoms with Crippen LogP contribution in [-0.2, 0) is 26.2 Å². The molecule has 3 aromatic rings. The van der Waals surface area contributed by atoms with Gasteiger partial charge >= 0.3 is 0 Å². The van der Waals surface area contributed by atoms with Gasteiger partial charge in [0.15, 0.2) is 0 Å². The molecule has 0 aliphatic rings. The van der Waals surface area contributed by atoms with E-state index in [1.807, 2.05) is 13.8 Å². The number of anilines is 1. The van der Waals surface area contributed by atoms with E-state index in [0.717, 1.165) is 10.7 Å². The predicted molar refractivity (Wildman–Crippen MR) is 153 cm³/mol. The summed E-state index contributed by atoms with van der Waals surface area (Å²) in [6.07, 6.45) is 1.06. The first-order valence-corrected chi connectivity index (χ1v) is 14.6. The fourth-order valence-corrected chi connectivity index (χ4v) is 5.81. The van der Waals surface area contributed by atoms with E-state index in [1.165, 1.54) is 24.1 Å². The molecule has 39 heavy (non-hydrogen) atoms. The fourth-order valence-electron chi connectivity index (χ4n) is 4.16. The Morgan fingerprint density at radius 3 is 2.23 bits per heavy atom. The van der Waals surface area contributed by atoms with Crippen molar-refractivity contribution in [3.8, 4) is 5.75 Å². The Kier molecular flexibility index (Phi) is 10.8. The number of rotatable bonds is 13. The largest absolute Gasteiger partial charge is 0.495 e. The lowest BCUT2D eigenvalue weighted by atomic mass is 10.1. The number of para-hydroxylation sites is 2. The van der Waals surface area contributed by atoms with Crippen molar-refractivity contribution in [3.63, 3.8) is 0 Å². The Morgan fingerprint density at radius 1 is 0.949 bits per heavy atom. The molecule has 0 saturated carbocycles. The van der Waals surface area contributed by atoms with Crippen LogP contribution in [0.4, 0.5) is 5.69 Å². The molecule has 0 heterocycles. The number of halogens is 1. The number of nitrogens with one attached hydrogen (secondary N) is 1. The first-order chi connectivity index (χ1) is 18.7. The van der Waals surface area contributed by atoms with Gasteiger partial charge in [0, 0.05) is 18.1 Å². The van der Waals surface area contributed by atoms with E-state index in [-0.39, 0.29) is 28.8 Å². The smallest absolute Gasteiger partial charge is 0.264 e. The van der Waals surface area contributed by atoms with Crippen LogP contribution in [0, 0.1) is 0 Å². The summed E-state index contributed by atoms with van der Waals surface area (Å²) in [7, 11) is -2.75. The highest BCUT2D eigenvalue weighted by Gasteiger charge is 2.34. The highest BCUT2D eigenvalue weighted by Crippen LogP contribution is 2.32. The quantitative estimate of drug-likeness (QED) is 0.315. The predicted octanol–water partition coefficient (Wildman–Crippen LogP) is 4.88. The molecule has 1 N–H and O–H groups in total. The molecule has 0 spiro atoms. The molecule has 0 aromatic heterocycles. The molecule has 0 unspecified atom stereocenters. The van der Waals surface area contributed by atoms with Gasteiger partial charge in [0.05, 0.1) is 17.7 Å². The van der Waals surface area contributed by atoms with Gasteiger partial charge in [-0.1, -0.05) is 74.0 Å². The molecule has 3 aromatic carbocycles. The van der Waals surface area contributed by atoms with Crippen molar-refractivity contribution in [1.29, 1.82) is 0 Å². The first kappa shape index (κ1) is 30.0. The van der Waals surface area contributed by atoms with Crippen molar-refractivity contribution in [2.45, 2.75) is 44.2 Å². The van der Waals surface area contributed by atoms with E-state index >= 15 is 0 Å². The van der Waals surface area contributed by atoms with Crippen LogP contribution < -0.4 is 14.4 Å². The van der Waals surface area contributed by atoms with E-state index in [1.54, 1.807) is 66.7 Å². The van der Waals surface area contributed by atoms with Crippen molar-refractivity contribution in [3.05, 3.63) is 89.4 Å². The third kappa shape index (κ3) is 7.30. The highest BCUT2D eigenvalue weighted by molar-refractivity contribution is 7.92. The molecule has 1 atom stereocenters. The normalized spacial score (nSPS) is 11.9. The maximum atomic E-state index is 14.1. The van der Waals surface area contributed by atoms with Gasteiger partial charge in [-0.05, 0) is 48.7 Å². The highest BCUT2D eigenvalue weighted by atomic mass is 35.5. The number of amides is 2. The number of hydrogen-bond donors (Lipinski definition) is 1. The number of benzene rings is 3. The zero-order valence-electron chi connectivity index (χ0n) is 22.3. The number of carbonyl (C=O) groups is 2. The molecule has 208 valence electrons. The zero-order valence-corrected chi connectivity index (χ0v) is 23.9. The molecule has 0 fully saturated rings. The SMILES string of the molecule is CCCNC(=O)[C@@H](CC)N(Cc1ccccc1Cl)C(=O)CN(c1ccccc1OC)S(=O)(=O)c1ccccc1. The maximum absolute atomic E-state index is 14.1. The molecular formula is C29H34ClN3O5S. The molecule has 0 saturated heterocycles. The second-order valence-electron chi connectivity index (χ2n) is 8.82. The van der Waals surface area contributed by atoms with Crippen molar-refractivity contribution < 1.29 is 22.7 Å². The van der Waals surface area contributed by atoms with Gasteiger partial charge in [-0.25, -0.2) is 8.42 Å². The second kappa shape index (κ2) is 14.0. The van der Waals surface area contributed by atoms with Crippen LogP contribution in [0.15, 0.2) is 83.8 Å². The van der Waals surface area contributed by atoms with Crippen LogP contribution in [0.1, 0.15) is 32.3 Å². The summed E-state index contributed by atoms with van der Waals surface area (Å²) in [6.45, 7) is 3.68. The van der Waals surface area contributed by atoms with Gasteiger partial charge in [-0.15, -0.1) is 0 Å². The summed E-state index contributed by atoms with van der Waals surface area (Å²) in [6, 6.07) is 20.7. The molecular weight excluding hydrogens is 538 g/mol. The Bertz CT molecular complexity index is 1370. The third-order valence-corrected chi connectivity index (χ3v) is 8.34. The van der Waals surface area contributed by atoms with Crippen LogP contribution in [-0.4, -0.2) is 51.4 Å². The molecule has 0 radical (unpaired) electrons. The molecule has 0 bridgehead atoms. The number of sulfonamides is 1. The average molecular weight is 572 g/mol. The minimum atomic E-state index is -4.18. The van der Waals surface area contributed by atoms with Gasteiger partial charge in [0.2, 0.25) is 11.8 Å². The van der Waals surface area contributed by atoms with Crippen LogP contribution in [0.3, 0.4) is 0 Å². The summed E-state index contributed by atoms with van der Waals surface area (Å²) in [5.74, 6) is -0.580. The van der Waals surface area contributed by atoms with Crippen LogP contribution >= 0.6 is 11.6 Å². The monoisotopic (exact) mass is 571 g/mol. The molecule has 8 nitrogen and oxygen atoms in total. The lowest BCUT2D eigenvalue weighted by Crippen LogP contribution is -2.52. The van der Waals surface area contributed by atoms with Crippen LogP contribution in [0.25, 0.3) is 0 Å². The van der Waals surface area contributed by atoms with E-state index in [9.17, 15) is 18.0 Å². The van der Waals surface area contributed by atoms with Gasteiger partial charge in [-0.2, -0.15) is 0 Å². The Balaban J connectivity index is 2.09. The fraction of sp³-hybridized carbons (Fsp3) is 0.310. The molecule has 10 heteroatoms. The standard InChI is InChI=1S/C29H34ClN3O5S/c1-4-19-31-29(35)25(5-2)32(20-22-13-9-10-16-24(22)30)28(34)21-33(26-17-11-12-18-27(26)38-3)39(36,37)23-14-7-6-8-15-23/h6-18,25H,4-5,19-21H2,1-3H3,(H,31,35)/t25-/m1/s1. The average Bonchev–Trinajstić information content (AvgIpc) is 2.95. The van der Waals surface area contributed by atoms with Gasteiger partial charge in [-0.3, -0.25) is 13.9 Å². The molecule has 3 rings (SSSR count). The van der Waals surface area contributed by atoms with Crippen molar-refractivity contribution in [2.24, 2.45) is 0 Å². The maximum Gasteiger partial charge on any atom is 0.264 e. The van der Waals surface area contributed by atoms with Crippen LogP contribution in [0.2, 0.25) is 5.02 Å². The lowest BCUT2D eigenvalue weighted by molar-refractivity contribution is -0.140. The van der Waals surface area contributed by atoms with E-state index in [0.29, 0.717) is 23.6 Å². The summed E-state index contributed by atoms with van der Waals surface area (Å²) in [4.78, 5) is 28.6. The van der Waals surface area contributed by atoms with E-state index in [4.69, 9.17) is 16.3 Å². The van der Waals surface area contributed by atoms with Crippen LogP contribution in [0.5, 0.6) is 5.75 Å². The van der Waals surface area contributed by atoms with Gasteiger partial charge < -0.3 is 15.0 Å².